The van der Waals surface area contributed by atoms with Crippen LogP contribution in [0.5, 0.6) is 0 Å². The van der Waals surface area contributed by atoms with Crippen molar-refractivity contribution in [1.82, 2.24) is 28.2 Å². The van der Waals surface area contributed by atoms with Crippen molar-refractivity contribution in [2.24, 2.45) is 14.1 Å². The average Bonchev–Trinajstić information content (AvgIpc) is 3.20. The van der Waals surface area contributed by atoms with E-state index in [-0.39, 0.29) is 11.2 Å². The summed E-state index contributed by atoms with van der Waals surface area (Å²) in [5, 5.41) is 0. The zero-order valence-corrected chi connectivity index (χ0v) is 13.4. The largest absolute Gasteiger partial charge is 0.332 e. The molecule has 0 aliphatic heterocycles. The van der Waals surface area contributed by atoms with Gasteiger partial charge in [-0.1, -0.05) is 12.1 Å². The summed E-state index contributed by atoms with van der Waals surface area (Å²) >= 11 is 0. The van der Waals surface area contributed by atoms with Gasteiger partial charge in [-0.25, -0.2) is 14.8 Å². The number of para-hydroxylation sites is 2. The second-order valence-corrected chi connectivity index (χ2v) is 5.74. The zero-order chi connectivity index (χ0) is 16.8. The number of nitrogens with zero attached hydrogens (tertiary/aromatic N) is 6. The molecule has 0 saturated carbocycles. The first-order valence-corrected chi connectivity index (χ1v) is 7.58. The van der Waals surface area contributed by atoms with Gasteiger partial charge in [0.25, 0.3) is 5.56 Å². The van der Waals surface area contributed by atoms with Crippen LogP contribution >= 0.6 is 0 Å². The number of hydrogen-bond donors (Lipinski definition) is 0. The minimum Gasteiger partial charge on any atom is -0.329 e. The van der Waals surface area contributed by atoms with E-state index in [1.165, 1.54) is 11.6 Å². The Morgan fingerprint density at radius 1 is 0.917 bits per heavy atom. The standard InChI is InChI=1S/C16H16N6O2/c1-19-14-13(15(23)20(2)16(19)24)22(10-18-14)8-7-21-9-17-11-5-3-4-6-12(11)21/h3-6,9-10H,7-8H2,1-2H3. The Morgan fingerprint density at radius 3 is 2.46 bits per heavy atom. The third-order valence-corrected chi connectivity index (χ3v) is 4.33. The predicted octanol–water partition coefficient (Wildman–Crippen LogP) is 0.484. The van der Waals surface area contributed by atoms with Crippen molar-refractivity contribution in [3.63, 3.8) is 0 Å². The third-order valence-electron chi connectivity index (χ3n) is 4.33. The van der Waals surface area contributed by atoms with E-state index in [9.17, 15) is 9.59 Å². The monoisotopic (exact) mass is 324 g/mol. The van der Waals surface area contributed by atoms with E-state index >= 15 is 0 Å². The van der Waals surface area contributed by atoms with Crippen LogP contribution in [0.25, 0.3) is 22.2 Å². The molecule has 0 unspecified atom stereocenters. The predicted molar refractivity (Wildman–Crippen MR) is 89.9 cm³/mol. The number of aromatic nitrogens is 6. The molecule has 8 heteroatoms. The molecule has 0 spiro atoms. The number of fused-ring (bicyclic) bond motifs is 2. The molecule has 24 heavy (non-hydrogen) atoms. The van der Waals surface area contributed by atoms with Gasteiger partial charge < -0.3 is 9.13 Å². The highest BCUT2D eigenvalue weighted by molar-refractivity contribution is 5.75. The topological polar surface area (TPSA) is 79.6 Å². The van der Waals surface area contributed by atoms with Crippen LogP contribution in [0.1, 0.15) is 0 Å². The maximum absolute atomic E-state index is 12.4. The fourth-order valence-corrected chi connectivity index (χ4v) is 2.97. The van der Waals surface area contributed by atoms with Crippen molar-refractivity contribution >= 4 is 22.2 Å². The van der Waals surface area contributed by atoms with Crippen LogP contribution in [0.4, 0.5) is 0 Å². The molecule has 4 aromatic rings. The van der Waals surface area contributed by atoms with E-state index in [4.69, 9.17) is 0 Å². The zero-order valence-electron chi connectivity index (χ0n) is 13.4. The van der Waals surface area contributed by atoms with E-state index in [2.05, 4.69) is 9.97 Å². The van der Waals surface area contributed by atoms with Crippen molar-refractivity contribution < 1.29 is 0 Å². The van der Waals surface area contributed by atoms with Crippen molar-refractivity contribution in [3.8, 4) is 0 Å². The van der Waals surface area contributed by atoms with Crippen LogP contribution in [0.3, 0.4) is 0 Å². The van der Waals surface area contributed by atoms with Gasteiger partial charge >= 0.3 is 5.69 Å². The van der Waals surface area contributed by atoms with Gasteiger partial charge in [-0.3, -0.25) is 13.9 Å². The molecule has 1 aromatic carbocycles. The number of rotatable bonds is 3. The molecule has 0 saturated heterocycles. The summed E-state index contributed by atoms with van der Waals surface area (Å²) in [5.41, 5.74) is 2.11. The van der Waals surface area contributed by atoms with Gasteiger partial charge in [0.2, 0.25) is 0 Å². The summed E-state index contributed by atoms with van der Waals surface area (Å²) in [5.74, 6) is 0. The molecule has 4 rings (SSSR count). The number of hydrogen-bond acceptors (Lipinski definition) is 4. The Hall–Kier alpha value is -3.16. The molecule has 0 fully saturated rings. The number of imidazole rings is 2. The summed E-state index contributed by atoms with van der Waals surface area (Å²) in [4.78, 5) is 33.0. The van der Waals surface area contributed by atoms with Crippen LogP contribution in [-0.4, -0.2) is 28.2 Å². The third kappa shape index (κ3) is 1.99. The molecule has 122 valence electrons. The number of aryl methyl sites for hydroxylation is 3. The highest BCUT2D eigenvalue weighted by Crippen LogP contribution is 2.12. The first-order valence-electron chi connectivity index (χ1n) is 7.58. The maximum Gasteiger partial charge on any atom is 0.332 e. The highest BCUT2D eigenvalue weighted by atomic mass is 16.2. The van der Waals surface area contributed by atoms with Crippen LogP contribution < -0.4 is 11.2 Å². The Morgan fingerprint density at radius 2 is 1.62 bits per heavy atom. The van der Waals surface area contributed by atoms with Gasteiger partial charge in [0.1, 0.15) is 0 Å². The van der Waals surface area contributed by atoms with Gasteiger partial charge in [0.05, 0.1) is 23.7 Å². The molecule has 0 atom stereocenters. The smallest absolute Gasteiger partial charge is 0.329 e. The molecule has 0 amide bonds. The average molecular weight is 324 g/mol. The Kier molecular flexibility index (Phi) is 3.12. The van der Waals surface area contributed by atoms with E-state index in [0.717, 1.165) is 15.6 Å². The number of benzene rings is 1. The lowest BCUT2D eigenvalue weighted by atomic mass is 10.3. The summed E-state index contributed by atoms with van der Waals surface area (Å²) < 4.78 is 6.31. The van der Waals surface area contributed by atoms with Gasteiger partial charge in [-0.05, 0) is 12.1 Å². The van der Waals surface area contributed by atoms with Crippen molar-refractivity contribution in [2.45, 2.75) is 13.1 Å². The quantitative estimate of drug-likeness (QED) is 0.549. The molecule has 3 aromatic heterocycles. The van der Waals surface area contributed by atoms with Gasteiger partial charge in [-0.2, -0.15) is 0 Å². The highest BCUT2D eigenvalue weighted by Gasteiger charge is 2.14. The molecule has 0 radical (unpaired) electrons. The molecule has 0 aliphatic carbocycles. The van der Waals surface area contributed by atoms with Crippen LogP contribution in [-0.2, 0) is 27.2 Å². The summed E-state index contributed by atoms with van der Waals surface area (Å²) in [6, 6.07) is 7.90. The fourth-order valence-electron chi connectivity index (χ4n) is 2.97. The SMILES string of the molecule is Cn1c(=O)c2c(ncn2CCn2cnc3ccccc32)n(C)c1=O. The second kappa shape index (κ2) is 5.19. The Labute approximate surface area is 136 Å². The van der Waals surface area contributed by atoms with Crippen molar-refractivity contribution in [3.05, 3.63) is 57.8 Å². The minimum absolute atomic E-state index is 0.332. The van der Waals surface area contributed by atoms with Crippen molar-refractivity contribution in [2.75, 3.05) is 0 Å². The van der Waals surface area contributed by atoms with Crippen LogP contribution in [0.2, 0.25) is 0 Å². The van der Waals surface area contributed by atoms with Crippen LogP contribution in [0, 0.1) is 0 Å². The molecular weight excluding hydrogens is 308 g/mol. The van der Waals surface area contributed by atoms with E-state index in [1.54, 1.807) is 24.3 Å². The van der Waals surface area contributed by atoms with E-state index < -0.39 is 0 Å². The molecule has 0 N–H and O–H groups in total. The summed E-state index contributed by atoms with van der Waals surface area (Å²) in [6.45, 7) is 1.21. The molecule has 3 heterocycles. The second-order valence-electron chi connectivity index (χ2n) is 5.74. The van der Waals surface area contributed by atoms with Gasteiger partial charge in [0.15, 0.2) is 11.2 Å². The van der Waals surface area contributed by atoms with Crippen molar-refractivity contribution in [1.29, 1.82) is 0 Å². The van der Waals surface area contributed by atoms with Gasteiger partial charge in [-0.15, -0.1) is 0 Å². The Bertz CT molecular complexity index is 1180. The van der Waals surface area contributed by atoms with Gasteiger partial charge in [0, 0.05) is 27.2 Å². The van der Waals surface area contributed by atoms with E-state index in [1.807, 2.05) is 28.8 Å². The molecule has 8 nitrogen and oxygen atoms in total. The minimum atomic E-state index is -0.377. The molecule has 0 bridgehead atoms. The molecule has 0 aliphatic rings. The Balaban J connectivity index is 1.76. The fraction of sp³-hybridized carbons (Fsp3) is 0.250. The first-order chi connectivity index (χ1) is 11.6. The lowest BCUT2D eigenvalue weighted by Gasteiger charge is -2.08. The van der Waals surface area contributed by atoms with E-state index in [0.29, 0.717) is 24.3 Å². The normalized spacial score (nSPS) is 11.6. The molecular formula is C16H16N6O2. The summed E-state index contributed by atoms with van der Waals surface area (Å²) in [6.07, 6.45) is 3.39. The summed E-state index contributed by atoms with van der Waals surface area (Å²) in [7, 11) is 3.09. The lowest BCUT2D eigenvalue weighted by molar-refractivity contribution is 0.596. The maximum atomic E-state index is 12.4. The first kappa shape index (κ1) is 14.4. The van der Waals surface area contributed by atoms with Crippen LogP contribution in [0.15, 0.2) is 46.5 Å². The lowest BCUT2D eigenvalue weighted by Crippen LogP contribution is -2.37.